The van der Waals surface area contributed by atoms with E-state index in [-0.39, 0.29) is 10.9 Å². The van der Waals surface area contributed by atoms with Gasteiger partial charge in [-0.3, -0.25) is 0 Å². The van der Waals surface area contributed by atoms with Crippen molar-refractivity contribution in [3.63, 3.8) is 0 Å². The van der Waals surface area contributed by atoms with Gasteiger partial charge in [0.25, 0.3) is 0 Å². The van der Waals surface area contributed by atoms with Crippen molar-refractivity contribution in [3.05, 3.63) is 29.2 Å². The van der Waals surface area contributed by atoms with Crippen LogP contribution in [0.15, 0.2) is 12.1 Å². The Hall–Kier alpha value is -2.06. The first-order chi connectivity index (χ1) is 10.6. The van der Waals surface area contributed by atoms with Crippen LogP contribution in [-0.2, 0) is 12.6 Å². The normalized spacial score (nSPS) is 14.9. The van der Waals surface area contributed by atoms with Crippen LogP contribution in [0, 0.1) is 6.92 Å². The number of benzene rings is 1. The van der Waals surface area contributed by atoms with Crippen LogP contribution in [0.4, 0.5) is 26.3 Å². The van der Waals surface area contributed by atoms with Gasteiger partial charge in [0.1, 0.15) is 18.6 Å². The molecule has 126 valence electrons. The van der Waals surface area contributed by atoms with Gasteiger partial charge in [0, 0.05) is 6.42 Å². The fraction of sp³-hybridized carbons (Fsp3) is 0.429. The van der Waals surface area contributed by atoms with Crippen LogP contribution in [0.3, 0.4) is 0 Å². The highest BCUT2D eigenvalue weighted by Crippen LogP contribution is 2.34. The minimum atomic E-state index is -4.90. The number of rotatable bonds is 4. The van der Waals surface area contributed by atoms with Gasteiger partial charge in [0.05, 0.1) is 16.6 Å². The largest absolute Gasteiger partial charge is 0.507 e. The summed E-state index contributed by atoms with van der Waals surface area (Å²) < 4.78 is 77.5. The van der Waals surface area contributed by atoms with E-state index in [9.17, 15) is 31.4 Å². The number of hydrogen-bond acceptors (Lipinski definition) is 3. The lowest BCUT2D eigenvalue weighted by atomic mass is 10.0. The Kier molecular flexibility index (Phi) is 4.67. The summed E-state index contributed by atoms with van der Waals surface area (Å²) in [6.45, 7) is -0.160. The molecule has 0 bridgehead atoms. The van der Waals surface area contributed by atoms with Crippen LogP contribution in [0.1, 0.15) is 17.1 Å². The molecule has 0 amide bonds. The summed E-state index contributed by atoms with van der Waals surface area (Å²) in [4.78, 5) is 6.56. The van der Waals surface area contributed by atoms with Crippen LogP contribution in [0.2, 0.25) is 0 Å². The molecule has 1 heterocycles. The minimum absolute atomic E-state index is 0.202. The van der Waals surface area contributed by atoms with Gasteiger partial charge in [-0.05, 0) is 18.6 Å². The van der Waals surface area contributed by atoms with Gasteiger partial charge in [-0.15, -0.1) is 0 Å². The van der Waals surface area contributed by atoms with Crippen molar-refractivity contribution in [2.24, 2.45) is 0 Å². The van der Waals surface area contributed by atoms with Gasteiger partial charge >= 0.3 is 6.18 Å². The molecule has 9 heteroatoms. The maximum Gasteiger partial charge on any atom is 0.451 e. The molecule has 1 aromatic heterocycles. The number of phenolic OH excluding ortho intramolecular Hbond substituents is 1. The standard InChI is InChI=1S/C14H12F6N2O/c1-6-2-3-10(23)11-9(4-7(16)8(17)5-15)21-13(14(18,19)20)22-12(6)11/h2-3,7-8,23H,4-5H2,1H3. The lowest BCUT2D eigenvalue weighted by Crippen LogP contribution is -2.23. The second-order valence-corrected chi connectivity index (χ2v) is 5.01. The maximum absolute atomic E-state index is 13.6. The predicted molar refractivity (Wildman–Crippen MR) is 70.4 cm³/mol. The van der Waals surface area contributed by atoms with E-state index in [1.165, 1.54) is 19.1 Å². The molecular weight excluding hydrogens is 326 g/mol. The molecule has 2 rings (SSSR count). The topological polar surface area (TPSA) is 46.0 Å². The summed E-state index contributed by atoms with van der Waals surface area (Å²) in [6, 6.07) is 2.52. The highest BCUT2D eigenvalue weighted by atomic mass is 19.4. The number of hydrogen-bond donors (Lipinski definition) is 1. The van der Waals surface area contributed by atoms with Gasteiger partial charge in [-0.25, -0.2) is 23.1 Å². The Labute approximate surface area is 127 Å². The molecule has 2 unspecified atom stereocenters. The summed E-state index contributed by atoms with van der Waals surface area (Å²) in [5.41, 5.74) is -0.443. The number of phenols is 1. The molecule has 0 saturated carbocycles. The predicted octanol–water partition coefficient (Wildman–Crippen LogP) is 3.85. The summed E-state index contributed by atoms with van der Waals surface area (Å²) in [5, 5.41) is 9.63. The van der Waals surface area contributed by atoms with Gasteiger partial charge in [-0.2, -0.15) is 13.2 Å². The monoisotopic (exact) mass is 338 g/mol. The van der Waals surface area contributed by atoms with Crippen molar-refractivity contribution in [1.29, 1.82) is 0 Å². The fourth-order valence-corrected chi connectivity index (χ4v) is 2.11. The number of nitrogens with zero attached hydrogens (tertiary/aromatic N) is 2. The van der Waals surface area contributed by atoms with Crippen molar-refractivity contribution in [1.82, 2.24) is 9.97 Å². The third kappa shape index (κ3) is 3.48. The van der Waals surface area contributed by atoms with E-state index in [2.05, 4.69) is 9.97 Å². The Morgan fingerprint density at radius 2 is 1.78 bits per heavy atom. The maximum atomic E-state index is 13.6. The lowest BCUT2D eigenvalue weighted by Gasteiger charge is -2.15. The molecule has 0 radical (unpaired) electrons. The number of aryl methyl sites for hydroxylation is 1. The van der Waals surface area contributed by atoms with E-state index in [4.69, 9.17) is 0 Å². The van der Waals surface area contributed by atoms with Crippen LogP contribution in [-0.4, -0.2) is 34.1 Å². The van der Waals surface area contributed by atoms with Crippen LogP contribution in [0.25, 0.3) is 10.9 Å². The van der Waals surface area contributed by atoms with Gasteiger partial charge in [0.2, 0.25) is 5.82 Å². The molecule has 2 atom stereocenters. The Morgan fingerprint density at radius 3 is 2.35 bits per heavy atom. The highest BCUT2D eigenvalue weighted by Gasteiger charge is 2.36. The van der Waals surface area contributed by atoms with E-state index in [0.29, 0.717) is 5.56 Å². The van der Waals surface area contributed by atoms with Crippen molar-refractivity contribution < 1.29 is 31.4 Å². The molecule has 1 N–H and O–H groups in total. The van der Waals surface area contributed by atoms with Gasteiger partial charge in [-0.1, -0.05) is 6.07 Å². The summed E-state index contributed by atoms with van der Waals surface area (Å²) in [7, 11) is 0. The molecule has 0 fully saturated rings. The molecule has 0 saturated heterocycles. The number of aromatic hydroxyl groups is 1. The van der Waals surface area contributed by atoms with Gasteiger partial charge in [0.15, 0.2) is 6.17 Å². The van der Waals surface area contributed by atoms with Crippen molar-refractivity contribution in [3.8, 4) is 5.75 Å². The number of alkyl halides is 6. The minimum Gasteiger partial charge on any atom is -0.507 e. The zero-order chi connectivity index (χ0) is 17.4. The Balaban J connectivity index is 2.67. The average molecular weight is 338 g/mol. The summed E-state index contributed by atoms with van der Waals surface area (Å²) in [6.07, 6.45) is -10.7. The molecule has 0 aliphatic carbocycles. The average Bonchev–Trinajstić information content (AvgIpc) is 2.48. The smallest absolute Gasteiger partial charge is 0.451 e. The lowest BCUT2D eigenvalue weighted by molar-refractivity contribution is -0.144. The van der Waals surface area contributed by atoms with E-state index in [1.54, 1.807) is 0 Å². The highest BCUT2D eigenvalue weighted by molar-refractivity contribution is 5.89. The first-order valence-electron chi connectivity index (χ1n) is 6.55. The van der Waals surface area contributed by atoms with E-state index < -0.39 is 48.9 Å². The second-order valence-electron chi connectivity index (χ2n) is 5.01. The van der Waals surface area contributed by atoms with Crippen LogP contribution >= 0.6 is 0 Å². The molecule has 2 aromatic rings. The first kappa shape index (κ1) is 17.3. The van der Waals surface area contributed by atoms with E-state index in [1.807, 2.05) is 0 Å². The van der Waals surface area contributed by atoms with Crippen molar-refractivity contribution in [2.75, 3.05) is 6.67 Å². The molecule has 0 spiro atoms. The third-order valence-electron chi connectivity index (χ3n) is 3.29. The number of aromatic nitrogens is 2. The van der Waals surface area contributed by atoms with Crippen LogP contribution < -0.4 is 0 Å². The second kappa shape index (κ2) is 6.21. The molecule has 1 aromatic carbocycles. The first-order valence-corrected chi connectivity index (χ1v) is 6.55. The molecular formula is C14H12F6N2O. The third-order valence-corrected chi connectivity index (χ3v) is 3.29. The SMILES string of the molecule is Cc1ccc(O)c2c(CC(F)C(F)CF)nc(C(F)(F)F)nc12. The van der Waals surface area contributed by atoms with E-state index in [0.717, 1.165) is 0 Å². The quantitative estimate of drug-likeness (QED) is 0.862. The van der Waals surface area contributed by atoms with Gasteiger partial charge < -0.3 is 5.11 Å². The summed E-state index contributed by atoms with van der Waals surface area (Å²) >= 11 is 0. The molecule has 23 heavy (non-hydrogen) atoms. The Bertz CT molecular complexity index is 718. The van der Waals surface area contributed by atoms with Crippen molar-refractivity contribution >= 4 is 10.9 Å². The molecule has 0 aliphatic rings. The summed E-state index contributed by atoms with van der Waals surface area (Å²) in [5.74, 6) is -1.99. The van der Waals surface area contributed by atoms with E-state index >= 15 is 0 Å². The zero-order valence-corrected chi connectivity index (χ0v) is 11.8. The van der Waals surface area contributed by atoms with Crippen molar-refractivity contribution in [2.45, 2.75) is 31.9 Å². The molecule has 3 nitrogen and oxygen atoms in total. The van der Waals surface area contributed by atoms with Crippen LogP contribution in [0.5, 0.6) is 5.75 Å². The Morgan fingerprint density at radius 1 is 1.13 bits per heavy atom. The number of halogens is 6. The molecule has 0 aliphatic heterocycles. The zero-order valence-electron chi connectivity index (χ0n) is 11.8. The fourth-order valence-electron chi connectivity index (χ4n) is 2.11. The number of fused-ring (bicyclic) bond motifs is 1.